The highest BCUT2D eigenvalue weighted by Crippen LogP contribution is 2.34. The summed E-state index contributed by atoms with van der Waals surface area (Å²) >= 11 is 4.86. The van der Waals surface area contributed by atoms with Gasteiger partial charge in [0.1, 0.15) is 4.99 Å². The minimum atomic E-state index is -4.07. The summed E-state index contributed by atoms with van der Waals surface area (Å²) in [4.78, 5) is 6.28. The van der Waals surface area contributed by atoms with Gasteiger partial charge in [0, 0.05) is 12.7 Å². The second-order valence-electron chi connectivity index (χ2n) is 5.01. The second-order valence-corrected chi connectivity index (χ2v) is 5.45. The molecule has 2 heterocycles. The molecular weight excluding hydrogens is 287 g/mol. The van der Waals surface area contributed by atoms with Crippen LogP contribution in [0.4, 0.5) is 13.2 Å². The van der Waals surface area contributed by atoms with Crippen molar-refractivity contribution in [3.63, 3.8) is 0 Å². The Hall–Kier alpha value is -1.21. The molecule has 0 spiro atoms. The van der Waals surface area contributed by atoms with Crippen molar-refractivity contribution in [2.45, 2.75) is 25.6 Å². The second kappa shape index (κ2) is 6.05. The van der Waals surface area contributed by atoms with E-state index in [1.54, 1.807) is 12.3 Å². The van der Waals surface area contributed by atoms with E-state index < -0.39 is 12.1 Å². The lowest BCUT2D eigenvalue weighted by Gasteiger charge is -2.32. The summed E-state index contributed by atoms with van der Waals surface area (Å²) in [6.07, 6.45) is -2.12. The zero-order chi connectivity index (χ0) is 14.8. The molecule has 1 aliphatic heterocycles. The Morgan fingerprint density at radius 3 is 2.60 bits per heavy atom. The summed E-state index contributed by atoms with van der Waals surface area (Å²) in [6.45, 7) is 1.51. The summed E-state index contributed by atoms with van der Waals surface area (Å²) in [5, 5.41) is 0. The molecule has 0 amide bonds. The van der Waals surface area contributed by atoms with Gasteiger partial charge in [0.25, 0.3) is 0 Å². The van der Waals surface area contributed by atoms with Crippen molar-refractivity contribution in [2.75, 3.05) is 13.1 Å². The fourth-order valence-electron chi connectivity index (χ4n) is 2.38. The number of alkyl halides is 3. The molecule has 1 aromatic rings. The van der Waals surface area contributed by atoms with Gasteiger partial charge in [-0.3, -0.25) is 9.88 Å². The number of hydrogen-bond acceptors (Lipinski definition) is 3. The number of aromatic nitrogens is 1. The van der Waals surface area contributed by atoms with Gasteiger partial charge in [-0.05, 0) is 43.6 Å². The summed E-state index contributed by atoms with van der Waals surface area (Å²) in [7, 11) is 0. The van der Waals surface area contributed by atoms with Crippen LogP contribution < -0.4 is 5.73 Å². The molecular formula is C13H16F3N3S. The van der Waals surface area contributed by atoms with E-state index in [4.69, 9.17) is 18.0 Å². The Morgan fingerprint density at radius 2 is 2.05 bits per heavy atom. The number of pyridine rings is 1. The lowest BCUT2D eigenvalue weighted by atomic mass is 9.96. The molecule has 2 rings (SSSR count). The number of rotatable bonds is 3. The highest BCUT2D eigenvalue weighted by atomic mass is 32.1. The molecule has 7 heteroatoms. The number of nitrogens with zero attached hydrogens (tertiary/aromatic N) is 2. The molecule has 0 atom stereocenters. The number of halogens is 3. The number of nitrogens with two attached hydrogens (primary N) is 1. The molecule has 110 valence electrons. The van der Waals surface area contributed by atoms with E-state index in [1.165, 1.54) is 0 Å². The van der Waals surface area contributed by atoms with Crippen LogP contribution in [0.2, 0.25) is 0 Å². The maximum absolute atomic E-state index is 12.6. The number of hydrogen-bond donors (Lipinski definition) is 1. The van der Waals surface area contributed by atoms with E-state index >= 15 is 0 Å². The number of piperidine rings is 1. The maximum atomic E-state index is 12.6. The lowest BCUT2D eigenvalue weighted by molar-refractivity contribution is -0.185. The number of thiocarbonyl (C=S) groups is 1. The molecule has 20 heavy (non-hydrogen) atoms. The Labute approximate surface area is 121 Å². The summed E-state index contributed by atoms with van der Waals surface area (Å²) in [6, 6.07) is 3.62. The van der Waals surface area contributed by atoms with Crippen molar-refractivity contribution in [3.05, 3.63) is 29.6 Å². The molecule has 0 aromatic carbocycles. The fourth-order valence-corrected chi connectivity index (χ4v) is 2.50. The lowest BCUT2D eigenvalue weighted by Crippen LogP contribution is -2.38. The molecule has 0 radical (unpaired) electrons. The minimum Gasteiger partial charge on any atom is -0.388 e. The van der Waals surface area contributed by atoms with E-state index in [1.807, 2.05) is 11.0 Å². The van der Waals surface area contributed by atoms with Gasteiger partial charge < -0.3 is 5.73 Å². The first-order chi connectivity index (χ1) is 9.36. The quantitative estimate of drug-likeness (QED) is 0.871. The Kier molecular flexibility index (Phi) is 4.59. The SMILES string of the molecule is NC(=S)c1cc(CN2CCC(C(F)(F)F)CC2)ccn1. The van der Waals surface area contributed by atoms with E-state index in [2.05, 4.69) is 4.98 Å². The smallest absolute Gasteiger partial charge is 0.388 e. The largest absolute Gasteiger partial charge is 0.391 e. The average molecular weight is 303 g/mol. The molecule has 1 fully saturated rings. The molecule has 2 N–H and O–H groups in total. The van der Waals surface area contributed by atoms with Crippen LogP contribution in [0, 0.1) is 5.92 Å². The zero-order valence-electron chi connectivity index (χ0n) is 10.9. The molecule has 3 nitrogen and oxygen atoms in total. The zero-order valence-corrected chi connectivity index (χ0v) is 11.7. The van der Waals surface area contributed by atoms with Crippen LogP contribution in [0.5, 0.6) is 0 Å². The van der Waals surface area contributed by atoms with Crippen molar-refractivity contribution in [1.29, 1.82) is 0 Å². The highest BCUT2D eigenvalue weighted by molar-refractivity contribution is 7.80. The van der Waals surface area contributed by atoms with E-state index in [0.717, 1.165) is 5.56 Å². The van der Waals surface area contributed by atoms with Crippen molar-refractivity contribution < 1.29 is 13.2 Å². The van der Waals surface area contributed by atoms with Crippen LogP contribution in [0.25, 0.3) is 0 Å². The third-order valence-electron chi connectivity index (χ3n) is 3.53. The van der Waals surface area contributed by atoms with Crippen LogP contribution in [0.1, 0.15) is 24.1 Å². The summed E-state index contributed by atoms with van der Waals surface area (Å²) < 4.78 is 37.7. The molecule has 0 unspecified atom stereocenters. The van der Waals surface area contributed by atoms with Crippen LogP contribution in [-0.4, -0.2) is 34.1 Å². The first-order valence-electron chi connectivity index (χ1n) is 6.40. The maximum Gasteiger partial charge on any atom is 0.391 e. The highest BCUT2D eigenvalue weighted by Gasteiger charge is 2.40. The van der Waals surface area contributed by atoms with Crippen LogP contribution in [-0.2, 0) is 6.54 Å². The standard InChI is InChI=1S/C13H16F3N3S/c14-13(15,16)10-2-5-19(6-3-10)8-9-1-4-18-11(7-9)12(17)20/h1,4,7,10H,2-3,5-6,8H2,(H2,17,20). The Bertz CT molecular complexity index is 482. The molecule has 1 aliphatic rings. The molecule has 1 aromatic heterocycles. The average Bonchev–Trinajstić information content (AvgIpc) is 2.38. The van der Waals surface area contributed by atoms with E-state index in [0.29, 0.717) is 25.3 Å². The first kappa shape index (κ1) is 15.2. The van der Waals surface area contributed by atoms with E-state index in [-0.39, 0.29) is 17.8 Å². The van der Waals surface area contributed by atoms with Crippen molar-refractivity contribution >= 4 is 17.2 Å². The fraction of sp³-hybridized carbons (Fsp3) is 0.538. The predicted octanol–water partition coefficient (Wildman–Crippen LogP) is 2.49. The molecule has 0 bridgehead atoms. The molecule has 1 saturated heterocycles. The van der Waals surface area contributed by atoms with Gasteiger partial charge >= 0.3 is 6.18 Å². The van der Waals surface area contributed by atoms with Gasteiger partial charge in [0.2, 0.25) is 0 Å². The van der Waals surface area contributed by atoms with Crippen molar-refractivity contribution in [2.24, 2.45) is 11.7 Å². The first-order valence-corrected chi connectivity index (χ1v) is 6.81. The monoisotopic (exact) mass is 303 g/mol. The van der Waals surface area contributed by atoms with Crippen molar-refractivity contribution in [1.82, 2.24) is 9.88 Å². The third-order valence-corrected chi connectivity index (χ3v) is 3.74. The third kappa shape index (κ3) is 3.89. The van der Waals surface area contributed by atoms with E-state index in [9.17, 15) is 13.2 Å². The van der Waals surface area contributed by atoms with Gasteiger partial charge in [-0.1, -0.05) is 12.2 Å². The van der Waals surface area contributed by atoms with Gasteiger partial charge in [-0.15, -0.1) is 0 Å². The molecule has 0 saturated carbocycles. The van der Waals surface area contributed by atoms with Crippen LogP contribution in [0.15, 0.2) is 18.3 Å². The summed E-state index contributed by atoms with van der Waals surface area (Å²) in [5.41, 5.74) is 7.02. The van der Waals surface area contributed by atoms with Crippen LogP contribution >= 0.6 is 12.2 Å². The van der Waals surface area contributed by atoms with Crippen LogP contribution in [0.3, 0.4) is 0 Å². The number of likely N-dealkylation sites (tertiary alicyclic amines) is 1. The summed E-state index contributed by atoms with van der Waals surface area (Å²) in [5.74, 6) is -1.16. The predicted molar refractivity (Wildman–Crippen MR) is 74.2 cm³/mol. The Balaban J connectivity index is 1.93. The van der Waals surface area contributed by atoms with Crippen molar-refractivity contribution in [3.8, 4) is 0 Å². The normalized spacial score (nSPS) is 18.1. The van der Waals surface area contributed by atoms with Gasteiger partial charge in [-0.2, -0.15) is 13.2 Å². The van der Waals surface area contributed by atoms with Gasteiger partial charge in [-0.25, -0.2) is 0 Å². The van der Waals surface area contributed by atoms with Gasteiger partial charge in [0.15, 0.2) is 0 Å². The minimum absolute atomic E-state index is 0.163. The topological polar surface area (TPSA) is 42.1 Å². The molecule has 0 aliphatic carbocycles. The Morgan fingerprint density at radius 1 is 1.40 bits per heavy atom. The van der Waals surface area contributed by atoms with Gasteiger partial charge in [0.05, 0.1) is 11.6 Å².